The van der Waals surface area contributed by atoms with E-state index in [-0.39, 0.29) is 17.3 Å². The number of anilines is 1. The van der Waals surface area contributed by atoms with Crippen LogP contribution in [0.1, 0.15) is 19.4 Å². The average Bonchev–Trinajstić information content (AvgIpc) is 3.31. The minimum Gasteiger partial charge on any atom is -0.461 e. The molecule has 1 aromatic carbocycles. The van der Waals surface area contributed by atoms with Crippen LogP contribution in [0, 0.1) is 23.0 Å². The van der Waals surface area contributed by atoms with Crippen LogP contribution in [-0.4, -0.2) is 31.3 Å². The van der Waals surface area contributed by atoms with Crippen LogP contribution in [0.25, 0.3) is 11.6 Å². The lowest BCUT2D eigenvalue weighted by molar-refractivity contribution is -0.384. The zero-order valence-corrected chi connectivity index (χ0v) is 17.1. The van der Waals surface area contributed by atoms with Gasteiger partial charge in [0.25, 0.3) is 5.69 Å². The van der Waals surface area contributed by atoms with Crippen molar-refractivity contribution in [1.82, 2.24) is 14.8 Å². The molecule has 0 saturated heterocycles. The maximum atomic E-state index is 12.4. The standard InChI is InChI=1S/C19H21N5O4S/c1-12(2)10-23-18(16-5-4-8-28-16)21-22-19(23)29-11-17(25)20-15-7-6-14(24(26)27)9-13(15)3/h4-9,12H,10-11H2,1-3H3,(H,20,25). The second kappa shape index (κ2) is 8.91. The number of aryl methyl sites for hydroxylation is 1. The normalized spacial score (nSPS) is 11.0. The highest BCUT2D eigenvalue weighted by molar-refractivity contribution is 7.99. The maximum Gasteiger partial charge on any atom is 0.269 e. The van der Waals surface area contributed by atoms with E-state index in [9.17, 15) is 14.9 Å². The number of carbonyl (C=O) groups excluding carboxylic acids is 1. The highest BCUT2D eigenvalue weighted by Gasteiger charge is 2.18. The van der Waals surface area contributed by atoms with Crippen molar-refractivity contribution >= 4 is 29.0 Å². The van der Waals surface area contributed by atoms with E-state index in [1.165, 1.54) is 30.0 Å². The summed E-state index contributed by atoms with van der Waals surface area (Å²) < 4.78 is 7.38. The van der Waals surface area contributed by atoms with Crippen molar-refractivity contribution in [2.75, 3.05) is 11.1 Å². The molecule has 0 unspecified atom stereocenters. The summed E-state index contributed by atoms with van der Waals surface area (Å²) in [6.07, 6.45) is 1.58. The number of thioether (sulfide) groups is 1. The van der Waals surface area contributed by atoms with Crippen LogP contribution in [0.3, 0.4) is 0 Å². The molecule has 0 saturated carbocycles. The first-order valence-electron chi connectivity index (χ1n) is 9.00. The second-order valence-electron chi connectivity index (χ2n) is 6.88. The summed E-state index contributed by atoms with van der Waals surface area (Å²) in [5.41, 5.74) is 1.16. The van der Waals surface area contributed by atoms with Gasteiger partial charge in [-0.05, 0) is 36.6 Å². The van der Waals surface area contributed by atoms with Gasteiger partial charge in [0, 0.05) is 24.4 Å². The minimum absolute atomic E-state index is 0.0119. The number of amides is 1. The van der Waals surface area contributed by atoms with Crippen molar-refractivity contribution in [2.24, 2.45) is 5.92 Å². The fraction of sp³-hybridized carbons (Fsp3) is 0.316. The van der Waals surface area contributed by atoms with Crippen molar-refractivity contribution in [3.8, 4) is 11.6 Å². The molecule has 152 valence electrons. The molecule has 0 spiro atoms. The maximum absolute atomic E-state index is 12.4. The number of nitro benzene ring substituents is 1. The van der Waals surface area contributed by atoms with Crippen LogP contribution in [0.5, 0.6) is 0 Å². The Kier molecular flexibility index (Phi) is 6.32. The molecule has 0 aliphatic rings. The van der Waals surface area contributed by atoms with Crippen LogP contribution >= 0.6 is 11.8 Å². The van der Waals surface area contributed by atoms with E-state index in [0.29, 0.717) is 40.5 Å². The first-order chi connectivity index (χ1) is 13.8. The average molecular weight is 415 g/mol. The lowest BCUT2D eigenvalue weighted by Gasteiger charge is -2.12. The smallest absolute Gasteiger partial charge is 0.269 e. The molecule has 0 aliphatic heterocycles. The number of benzene rings is 1. The molecule has 0 fully saturated rings. The van der Waals surface area contributed by atoms with E-state index in [4.69, 9.17) is 4.42 Å². The van der Waals surface area contributed by atoms with Gasteiger partial charge in [0.15, 0.2) is 16.7 Å². The molecule has 2 aromatic heterocycles. The highest BCUT2D eigenvalue weighted by Crippen LogP contribution is 2.26. The van der Waals surface area contributed by atoms with Gasteiger partial charge in [0.2, 0.25) is 5.91 Å². The van der Waals surface area contributed by atoms with Gasteiger partial charge >= 0.3 is 0 Å². The molecule has 3 aromatic rings. The Morgan fingerprint density at radius 1 is 1.34 bits per heavy atom. The molecule has 9 nitrogen and oxygen atoms in total. The molecular weight excluding hydrogens is 394 g/mol. The van der Waals surface area contributed by atoms with Gasteiger partial charge in [0.05, 0.1) is 16.9 Å². The van der Waals surface area contributed by atoms with Crippen molar-refractivity contribution in [2.45, 2.75) is 32.5 Å². The molecule has 0 atom stereocenters. The predicted octanol–water partition coefficient (Wildman–Crippen LogP) is 4.14. The third-order valence-electron chi connectivity index (χ3n) is 4.03. The Morgan fingerprint density at radius 2 is 2.14 bits per heavy atom. The molecule has 2 heterocycles. The molecule has 1 amide bonds. The SMILES string of the molecule is Cc1cc([N+](=O)[O-])ccc1NC(=O)CSc1nnc(-c2ccco2)n1CC(C)C. The van der Waals surface area contributed by atoms with Crippen LogP contribution in [0.4, 0.5) is 11.4 Å². The van der Waals surface area contributed by atoms with Gasteiger partial charge in [-0.15, -0.1) is 10.2 Å². The van der Waals surface area contributed by atoms with Gasteiger partial charge in [-0.1, -0.05) is 25.6 Å². The third kappa shape index (κ3) is 5.02. The fourth-order valence-corrected chi connectivity index (χ4v) is 3.48. The Morgan fingerprint density at radius 3 is 2.76 bits per heavy atom. The monoisotopic (exact) mass is 415 g/mol. The number of hydrogen-bond donors (Lipinski definition) is 1. The van der Waals surface area contributed by atoms with Crippen molar-refractivity contribution in [3.63, 3.8) is 0 Å². The first-order valence-corrected chi connectivity index (χ1v) is 9.98. The summed E-state index contributed by atoms with van der Waals surface area (Å²) in [6, 6.07) is 7.94. The molecular formula is C19H21N5O4S. The molecule has 0 radical (unpaired) electrons. The molecule has 1 N–H and O–H groups in total. The Labute approximate surface area is 171 Å². The van der Waals surface area contributed by atoms with Crippen LogP contribution in [0.15, 0.2) is 46.2 Å². The Bertz CT molecular complexity index is 1010. The van der Waals surface area contributed by atoms with E-state index in [2.05, 4.69) is 29.4 Å². The van der Waals surface area contributed by atoms with E-state index in [1.54, 1.807) is 19.3 Å². The summed E-state index contributed by atoms with van der Waals surface area (Å²) >= 11 is 1.28. The number of furan rings is 1. The highest BCUT2D eigenvalue weighted by atomic mass is 32.2. The number of carbonyl (C=O) groups is 1. The molecule has 10 heteroatoms. The number of nitrogens with zero attached hydrogens (tertiary/aromatic N) is 4. The molecule has 0 bridgehead atoms. The Hall–Kier alpha value is -3.14. The summed E-state index contributed by atoms with van der Waals surface area (Å²) in [5.74, 6) is 1.50. The van der Waals surface area contributed by atoms with Crippen molar-refractivity contribution in [3.05, 3.63) is 52.3 Å². The largest absolute Gasteiger partial charge is 0.461 e. The van der Waals surface area contributed by atoms with Crippen LogP contribution in [-0.2, 0) is 11.3 Å². The van der Waals surface area contributed by atoms with Gasteiger partial charge in [-0.2, -0.15) is 0 Å². The number of non-ortho nitro benzene ring substituents is 1. The fourth-order valence-electron chi connectivity index (χ4n) is 2.73. The van der Waals surface area contributed by atoms with E-state index in [1.807, 2.05) is 10.6 Å². The predicted molar refractivity (Wildman–Crippen MR) is 110 cm³/mol. The summed E-state index contributed by atoms with van der Waals surface area (Å²) in [4.78, 5) is 22.8. The minimum atomic E-state index is -0.466. The van der Waals surface area contributed by atoms with Crippen molar-refractivity contribution < 1.29 is 14.1 Å². The number of nitrogens with one attached hydrogen (secondary N) is 1. The van der Waals surface area contributed by atoms with E-state index < -0.39 is 4.92 Å². The zero-order valence-electron chi connectivity index (χ0n) is 16.3. The first kappa shape index (κ1) is 20.6. The number of aromatic nitrogens is 3. The number of rotatable bonds is 8. The van der Waals surface area contributed by atoms with Crippen LogP contribution in [0.2, 0.25) is 0 Å². The molecule has 0 aliphatic carbocycles. The van der Waals surface area contributed by atoms with E-state index >= 15 is 0 Å². The summed E-state index contributed by atoms with van der Waals surface area (Å²) in [5, 5.41) is 22.7. The quantitative estimate of drug-likeness (QED) is 0.334. The van der Waals surface area contributed by atoms with Crippen LogP contribution < -0.4 is 5.32 Å². The van der Waals surface area contributed by atoms with Gasteiger partial charge in [-0.3, -0.25) is 19.5 Å². The van der Waals surface area contributed by atoms with Crippen molar-refractivity contribution in [1.29, 1.82) is 0 Å². The molecule has 29 heavy (non-hydrogen) atoms. The lowest BCUT2D eigenvalue weighted by atomic mass is 10.2. The zero-order chi connectivity index (χ0) is 21.0. The lowest BCUT2D eigenvalue weighted by Crippen LogP contribution is -2.16. The number of hydrogen-bond acceptors (Lipinski definition) is 7. The Balaban J connectivity index is 1.69. The van der Waals surface area contributed by atoms with E-state index in [0.717, 1.165) is 0 Å². The molecule has 3 rings (SSSR count). The number of nitro groups is 1. The van der Waals surface area contributed by atoms with Gasteiger partial charge in [-0.25, -0.2) is 0 Å². The second-order valence-corrected chi connectivity index (χ2v) is 7.82. The third-order valence-corrected chi connectivity index (χ3v) is 5.00. The van der Waals surface area contributed by atoms with Gasteiger partial charge in [0.1, 0.15) is 0 Å². The van der Waals surface area contributed by atoms with Gasteiger partial charge < -0.3 is 9.73 Å². The topological polar surface area (TPSA) is 116 Å². The summed E-state index contributed by atoms with van der Waals surface area (Å²) in [6.45, 7) is 6.58. The summed E-state index contributed by atoms with van der Waals surface area (Å²) in [7, 11) is 0.